The molecule has 1 atom stereocenters. The van der Waals surface area contributed by atoms with Crippen molar-refractivity contribution in [2.24, 2.45) is 0 Å². The van der Waals surface area contributed by atoms with Gasteiger partial charge in [-0.1, -0.05) is 213 Å². The summed E-state index contributed by atoms with van der Waals surface area (Å²) in [4.78, 5) is 2.42. The molecular weight excluding hydrogens is 969 g/mol. The minimum atomic E-state index is -0.636. The molecular formula is C77H56N2O. The average molecular weight is 1030 g/mol. The lowest BCUT2D eigenvalue weighted by atomic mass is 9.67. The first-order valence-corrected chi connectivity index (χ1v) is 27.6. The third kappa shape index (κ3) is 8.39. The molecule has 0 N–H and O–H groups in total. The van der Waals surface area contributed by atoms with Crippen LogP contribution in [0.5, 0.6) is 11.5 Å². The minimum absolute atomic E-state index is 0.636. The zero-order valence-corrected chi connectivity index (χ0v) is 44.3. The minimum Gasteiger partial charge on any atom is -0.457 e. The number of allylic oxidation sites excluding steroid dienone is 4. The summed E-state index contributed by atoms with van der Waals surface area (Å²) in [6, 6.07) is 95.2. The van der Waals surface area contributed by atoms with E-state index in [4.69, 9.17) is 4.74 Å². The van der Waals surface area contributed by atoms with Crippen LogP contribution < -0.4 is 9.64 Å². The van der Waals surface area contributed by atoms with E-state index in [1.54, 1.807) is 0 Å². The van der Waals surface area contributed by atoms with Crippen LogP contribution in [0.2, 0.25) is 0 Å². The van der Waals surface area contributed by atoms with Crippen molar-refractivity contribution < 1.29 is 4.74 Å². The van der Waals surface area contributed by atoms with Crippen molar-refractivity contribution in [2.45, 2.75) is 18.3 Å². The first kappa shape index (κ1) is 48.2. The molecule has 0 saturated heterocycles. The molecule has 0 fully saturated rings. The third-order valence-electron chi connectivity index (χ3n) is 16.3. The molecule has 12 aromatic rings. The average Bonchev–Trinajstić information content (AvgIpc) is 4.22. The summed E-state index contributed by atoms with van der Waals surface area (Å²) >= 11 is 0. The Morgan fingerprint density at radius 2 is 0.887 bits per heavy atom. The molecule has 380 valence electrons. The molecule has 0 bridgehead atoms. The molecule has 3 nitrogen and oxygen atoms in total. The third-order valence-corrected chi connectivity index (χ3v) is 16.3. The number of anilines is 3. The molecule has 3 heteroatoms. The van der Waals surface area contributed by atoms with Crippen molar-refractivity contribution in [3.63, 3.8) is 0 Å². The van der Waals surface area contributed by atoms with E-state index in [0.717, 1.165) is 63.7 Å². The van der Waals surface area contributed by atoms with Crippen molar-refractivity contribution >= 4 is 56.7 Å². The van der Waals surface area contributed by atoms with Crippen molar-refractivity contribution in [1.29, 1.82) is 0 Å². The van der Waals surface area contributed by atoms with Crippen molar-refractivity contribution in [3.05, 3.63) is 326 Å². The summed E-state index contributed by atoms with van der Waals surface area (Å²) in [6.45, 7) is 7.90. The highest BCUT2D eigenvalue weighted by Gasteiger charge is 2.46. The zero-order chi connectivity index (χ0) is 53.6. The fourth-order valence-electron chi connectivity index (χ4n) is 12.4. The van der Waals surface area contributed by atoms with Crippen LogP contribution in [-0.2, 0) is 5.41 Å². The van der Waals surface area contributed by atoms with Crippen LogP contribution in [-0.4, -0.2) is 4.57 Å². The Kier molecular flexibility index (Phi) is 12.2. The molecule has 0 spiro atoms. The largest absolute Gasteiger partial charge is 0.457 e. The van der Waals surface area contributed by atoms with Gasteiger partial charge in [-0.05, 0) is 182 Å². The van der Waals surface area contributed by atoms with Crippen molar-refractivity contribution in [2.75, 3.05) is 4.90 Å². The smallest absolute Gasteiger partial charge is 0.127 e. The number of fused-ring (bicyclic) bond motifs is 6. The van der Waals surface area contributed by atoms with Gasteiger partial charge in [-0.3, -0.25) is 0 Å². The second kappa shape index (κ2) is 20.3. The second-order valence-corrected chi connectivity index (χ2v) is 20.8. The summed E-state index contributed by atoms with van der Waals surface area (Å²) in [6.07, 6.45) is 12.5. The number of hydrogen-bond acceptors (Lipinski definition) is 2. The lowest BCUT2D eigenvalue weighted by molar-refractivity contribution is 0.482. The number of hydrogen-bond donors (Lipinski definition) is 0. The van der Waals surface area contributed by atoms with Crippen LogP contribution >= 0.6 is 0 Å². The summed E-state index contributed by atoms with van der Waals surface area (Å²) in [5.41, 5.74) is 22.8. The zero-order valence-electron chi connectivity index (χ0n) is 44.3. The highest BCUT2D eigenvalue weighted by Crippen LogP contribution is 2.57. The maximum atomic E-state index is 6.43. The first-order valence-electron chi connectivity index (χ1n) is 27.6. The highest BCUT2D eigenvalue weighted by atomic mass is 16.5. The molecule has 80 heavy (non-hydrogen) atoms. The molecule has 11 aromatic carbocycles. The Morgan fingerprint density at radius 1 is 0.412 bits per heavy atom. The van der Waals surface area contributed by atoms with Gasteiger partial charge in [-0.25, -0.2) is 0 Å². The van der Waals surface area contributed by atoms with E-state index in [1.165, 1.54) is 83.1 Å². The molecule has 2 aliphatic rings. The van der Waals surface area contributed by atoms with Gasteiger partial charge >= 0.3 is 0 Å². The summed E-state index contributed by atoms with van der Waals surface area (Å²) < 4.78 is 8.91. The molecule has 2 aliphatic carbocycles. The van der Waals surface area contributed by atoms with Crippen molar-refractivity contribution in [3.8, 4) is 56.0 Å². The molecule has 1 aromatic heterocycles. The van der Waals surface area contributed by atoms with E-state index < -0.39 is 5.41 Å². The van der Waals surface area contributed by atoms with Gasteiger partial charge in [-0.2, -0.15) is 0 Å². The van der Waals surface area contributed by atoms with Crippen LogP contribution in [0.4, 0.5) is 17.1 Å². The van der Waals surface area contributed by atoms with Crippen LogP contribution in [0, 0.1) is 0 Å². The molecule has 1 unspecified atom stereocenters. The van der Waals surface area contributed by atoms with E-state index in [2.05, 4.69) is 277 Å². The van der Waals surface area contributed by atoms with E-state index in [1.807, 2.05) is 36.4 Å². The standard InChI is InChI=1S/C77H56N2O/c1-3-53-24-28-57(29-25-53)59-34-48-75-71(50-59)72-51-60(35-49-76(72)79(75)63-20-12-7-13-21-63)58-32-40-65(41-33-58)78(64-38-30-56(31-39-64)55-16-8-5-9-17-55)66-42-47-70-69-22-14-15-23-73(69)77(74(70)52-66,61-18-10-6-11-19-61)62-36-45-68(46-37-62)80-67-43-26-54(4-2)27-44-67/h3-12,14-20,22-52H,1-2,13,21H2. The Morgan fingerprint density at radius 3 is 1.48 bits per heavy atom. The Hall–Kier alpha value is -10.2. The Bertz CT molecular complexity index is 4360. The van der Waals surface area contributed by atoms with E-state index in [9.17, 15) is 0 Å². The summed E-state index contributed by atoms with van der Waals surface area (Å²) in [7, 11) is 0. The number of benzene rings is 11. The van der Waals surface area contributed by atoms with E-state index in [0.29, 0.717) is 0 Å². The highest BCUT2D eigenvalue weighted by molar-refractivity contribution is 6.12. The lowest BCUT2D eigenvalue weighted by Crippen LogP contribution is -2.28. The quantitative estimate of drug-likeness (QED) is 0.114. The van der Waals surface area contributed by atoms with Gasteiger partial charge in [-0.15, -0.1) is 0 Å². The number of nitrogens with zero attached hydrogens (tertiary/aromatic N) is 2. The van der Waals surface area contributed by atoms with Gasteiger partial charge in [0.1, 0.15) is 11.5 Å². The SMILES string of the molecule is C=Cc1ccc(Oc2ccc(C3(c4ccccc4)c4ccccc4-c4ccc(N(c5ccc(-c6ccccc6)cc5)c5ccc(-c6ccc7c(c6)c6cc(-c8ccc(C=C)cc8)ccc6n7C6=CC=CCC6)cc5)cc43)cc2)cc1. The van der Waals surface area contributed by atoms with Gasteiger partial charge in [0.15, 0.2) is 0 Å². The van der Waals surface area contributed by atoms with Crippen molar-refractivity contribution in [1.82, 2.24) is 4.57 Å². The van der Waals surface area contributed by atoms with Gasteiger partial charge in [0.05, 0.1) is 16.4 Å². The van der Waals surface area contributed by atoms with Gasteiger partial charge in [0.25, 0.3) is 0 Å². The normalized spacial score (nSPS) is 14.3. The molecule has 0 saturated carbocycles. The number of aromatic nitrogens is 1. The lowest BCUT2D eigenvalue weighted by Gasteiger charge is -2.35. The Labute approximate surface area is 468 Å². The van der Waals surface area contributed by atoms with Crippen LogP contribution in [0.25, 0.3) is 84.2 Å². The maximum Gasteiger partial charge on any atom is 0.127 e. The monoisotopic (exact) mass is 1020 g/mol. The van der Waals surface area contributed by atoms with Crippen LogP contribution in [0.15, 0.2) is 292 Å². The Balaban J connectivity index is 0.896. The van der Waals surface area contributed by atoms with Crippen LogP contribution in [0.3, 0.4) is 0 Å². The maximum absolute atomic E-state index is 6.43. The molecule has 1 heterocycles. The fraction of sp³-hybridized carbons (Fsp3) is 0.0390. The number of rotatable bonds is 13. The molecule has 0 radical (unpaired) electrons. The van der Waals surface area contributed by atoms with E-state index >= 15 is 0 Å². The topological polar surface area (TPSA) is 17.4 Å². The second-order valence-electron chi connectivity index (χ2n) is 20.8. The first-order chi connectivity index (χ1) is 39.5. The molecule has 0 amide bonds. The fourth-order valence-corrected chi connectivity index (χ4v) is 12.4. The predicted molar refractivity (Wildman–Crippen MR) is 337 cm³/mol. The predicted octanol–water partition coefficient (Wildman–Crippen LogP) is 20.9. The molecule has 14 rings (SSSR count). The molecule has 0 aliphatic heterocycles. The van der Waals surface area contributed by atoms with E-state index in [-0.39, 0.29) is 0 Å². The van der Waals surface area contributed by atoms with Gasteiger partial charge in [0, 0.05) is 33.5 Å². The van der Waals surface area contributed by atoms with Gasteiger partial charge < -0.3 is 14.2 Å². The summed E-state index contributed by atoms with van der Waals surface area (Å²) in [5, 5.41) is 2.48. The van der Waals surface area contributed by atoms with Crippen LogP contribution in [0.1, 0.15) is 46.2 Å². The summed E-state index contributed by atoms with van der Waals surface area (Å²) in [5.74, 6) is 1.56. The number of ether oxygens (including phenoxy) is 1. The van der Waals surface area contributed by atoms with Gasteiger partial charge in [0.2, 0.25) is 0 Å².